The van der Waals surface area contributed by atoms with Gasteiger partial charge in [-0.1, -0.05) is 6.07 Å². The van der Waals surface area contributed by atoms with E-state index in [4.69, 9.17) is 0 Å². The SMILES string of the molecule is O=C(NCc1nc(-c2ccccn2)n[nH]1)C1CCNCC1. The van der Waals surface area contributed by atoms with E-state index >= 15 is 0 Å². The van der Waals surface area contributed by atoms with Crippen molar-refractivity contribution in [1.29, 1.82) is 0 Å². The van der Waals surface area contributed by atoms with Gasteiger partial charge in [0.15, 0.2) is 5.82 Å². The Kier molecular flexibility index (Phi) is 4.20. The van der Waals surface area contributed by atoms with Crippen molar-refractivity contribution in [3.05, 3.63) is 30.2 Å². The third-order valence-electron chi connectivity index (χ3n) is 3.57. The van der Waals surface area contributed by atoms with Crippen molar-refractivity contribution >= 4 is 5.91 Å². The smallest absolute Gasteiger partial charge is 0.223 e. The van der Waals surface area contributed by atoms with E-state index in [1.165, 1.54) is 0 Å². The Hall–Kier alpha value is -2.28. The summed E-state index contributed by atoms with van der Waals surface area (Å²) in [5, 5.41) is 13.1. The monoisotopic (exact) mass is 286 g/mol. The number of amides is 1. The zero-order valence-electron chi connectivity index (χ0n) is 11.7. The number of nitrogens with zero attached hydrogens (tertiary/aromatic N) is 3. The Morgan fingerprint density at radius 2 is 2.19 bits per heavy atom. The highest BCUT2D eigenvalue weighted by molar-refractivity contribution is 5.78. The fourth-order valence-corrected chi connectivity index (χ4v) is 2.38. The van der Waals surface area contributed by atoms with Crippen LogP contribution in [0.2, 0.25) is 0 Å². The van der Waals surface area contributed by atoms with Crippen molar-refractivity contribution in [2.75, 3.05) is 13.1 Å². The van der Waals surface area contributed by atoms with Gasteiger partial charge < -0.3 is 10.6 Å². The van der Waals surface area contributed by atoms with Crippen molar-refractivity contribution in [1.82, 2.24) is 30.8 Å². The maximum Gasteiger partial charge on any atom is 0.223 e. The van der Waals surface area contributed by atoms with Gasteiger partial charge in [0.05, 0.1) is 6.54 Å². The first kappa shape index (κ1) is 13.7. The van der Waals surface area contributed by atoms with E-state index in [1.807, 2.05) is 18.2 Å². The average molecular weight is 286 g/mol. The first-order valence-electron chi connectivity index (χ1n) is 7.14. The molecule has 0 unspecified atom stereocenters. The van der Waals surface area contributed by atoms with Crippen molar-refractivity contribution in [3.63, 3.8) is 0 Å². The molecule has 0 aromatic carbocycles. The number of piperidine rings is 1. The number of H-pyrrole nitrogens is 1. The van der Waals surface area contributed by atoms with Crippen molar-refractivity contribution < 1.29 is 4.79 Å². The van der Waals surface area contributed by atoms with Gasteiger partial charge in [0, 0.05) is 12.1 Å². The zero-order valence-corrected chi connectivity index (χ0v) is 11.7. The van der Waals surface area contributed by atoms with Gasteiger partial charge in [0.25, 0.3) is 0 Å². The molecule has 2 aromatic rings. The van der Waals surface area contributed by atoms with Crippen LogP contribution in [0.1, 0.15) is 18.7 Å². The second-order valence-corrected chi connectivity index (χ2v) is 5.06. The Morgan fingerprint density at radius 3 is 2.95 bits per heavy atom. The lowest BCUT2D eigenvalue weighted by Gasteiger charge is -2.21. The topological polar surface area (TPSA) is 95.6 Å². The number of pyridine rings is 1. The number of carbonyl (C=O) groups excluding carboxylic acids is 1. The fraction of sp³-hybridized carbons (Fsp3) is 0.429. The van der Waals surface area contributed by atoms with E-state index in [1.54, 1.807) is 6.20 Å². The summed E-state index contributed by atoms with van der Waals surface area (Å²) in [6.45, 7) is 2.18. The molecule has 1 fully saturated rings. The minimum atomic E-state index is 0.0901. The number of hydrogen-bond donors (Lipinski definition) is 3. The summed E-state index contributed by atoms with van der Waals surface area (Å²) in [7, 11) is 0. The summed E-state index contributed by atoms with van der Waals surface area (Å²) in [5.41, 5.74) is 0.713. The van der Waals surface area contributed by atoms with Crippen LogP contribution in [0.3, 0.4) is 0 Å². The molecule has 0 saturated carbocycles. The van der Waals surface area contributed by atoms with Gasteiger partial charge in [-0.3, -0.25) is 14.9 Å². The Labute approximate surface area is 122 Å². The van der Waals surface area contributed by atoms with Crippen LogP contribution in [0.25, 0.3) is 11.5 Å². The molecule has 0 atom stereocenters. The lowest BCUT2D eigenvalue weighted by atomic mass is 9.97. The second kappa shape index (κ2) is 6.45. The van der Waals surface area contributed by atoms with Crippen LogP contribution in [0.15, 0.2) is 24.4 Å². The summed E-state index contributed by atoms with van der Waals surface area (Å²) in [6, 6.07) is 5.58. The highest BCUT2D eigenvalue weighted by Crippen LogP contribution is 2.12. The molecule has 110 valence electrons. The number of hydrogen-bond acceptors (Lipinski definition) is 5. The summed E-state index contributed by atoms with van der Waals surface area (Å²) in [6.07, 6.45) is 3.48. The Balaban J connectivity index is 1.56. The quantitative estimate of drug-likeness (QED) is 0.760. The highest BCUT2D eigenvalue weighted by Gasteiger charge is 2.20. The molecule has 0 radical (unpaired) electrons. The molecule has 21 heavy (non-hydrogen) atoms. The maximum absolute atomic E-state index is 12.0. The first-order chi connectivity index (χ1) is 10.3. The van der Waals surface area contributed by atoms with Crippen LogP contribution in [-0.4, -0.2) is 39.2 Å². The molecule has 0 aliphatic carbocycles. The molecule has 3 heterocycles. The normalized spacial score (nSPS) is 15.8. The Bertz CT molecular complexity index is 591. The molecule has 1 saturated heterocycles. The predicted octanol–water partition coefficient (Wildman–Crippen LogP) is 0.482. The summed E-state index contributed by atoms with van der Waals surface area (Å²) in [5.74, 6) is 1.37. The van der Waals surface area contributed by atoms with Gasteiger partial charge in [-0.05, 0) is 38.1 Å². The summed E-state index contributed by atoms with van der Waals surface area (Å²) in [4.78, 5) is 20.6. The summed E-state index contributed by atoms with van der Waals surface area (Å²) >= 11 is 0. The third kappa shape index (κ3) is 3.43. The second-order valence-electron chi connectivity index (χ2n) is 5.06. The Morgan fingerprint density at radius 1 is 1.33 bits per heavy atom. The summed E-state index contributed by atoms with van der Waals surface area (Å²) < 4.78 is 0. The molecule has 3 N–H and O–H groups in total. The van der Waals surface area contributed by atoms with Crippen LogP contribution >= 0.6 is 0 Å². The molecule has 7 nitrogen and oxygen atoms in total. The lowest BCUT2D eigenvalue weighted by Crippen LogP contribution is -2.38. The van der Waals surface area contributed by atoms with Crippen molar-refractivity contribution in [3.8, 4) is 11.5 Å². The fourth-order valence-electron chi connectivity index (χ4n) is 2.38. The molecule has 1 aliphatic heterocycles. The van der Waals surface area contributed by atoms with Crippen molar-refractivity contribution in [2.24, 2.45) is 5.92 Å². The first-order valence-corrected chi connectivity index (χ1v) is 7.14. The maximum atomic E-state index is 12.0. The molecular formula is C14H18N6O. The highest BCUT2D eigenvalue weighted by atomic mass is 16.1. The van der Waals surface area contributed by atoms with Gasteiger partial charge in [0.2, 0.25) is 5.91 Å². The van der Waals surface area contributed by atoms with Crippen LogP contribution in [0.5, 0.6) is 0 Å². The number of carbonyl (C=O) groups is 1. The minimum Gasteiger partial charge on any atom is -0.349 e. The molecule has 0 spiro atoms. The predicted molar refractivity (Wildman–Crippen MR) is 77.1 cm³/mol. The van der Waals surface area contributed by atoms with Crippen molar-refractivity contribution in [2.45, 2.75) is 19.4 Å². The van der Waals surface area contributed by atoms with Crippen LogP contribution in [0.4, 0.5) is 0 Å². The van der Waals surface area contributed by atoms with E-state index < -0.39 is 0 Å². The molecule has 7 heteroatoms. The molecule has 1 amide bonds. The zero-order chi connectivity index (χ0) is 14.5. The van der Waals surface area contributed by atoms with Gasteiger partial charge in [-0.15, -0.1) is 0 Å². The van der Waals surface area contributed by atoms with E-state index in [2.05, 4.69) is 30.8 Å². The van der Waals surface area contributed by atoms with E-state index in [-0.39, 0.29) is 11.8 Å². The molecule has 3 rings (SSSR count). The molecule has 0 bridgehead atoms. The van der Waals surface area contributed by atoms with Crippen LogP contribution < -0.4 is 10.6 Å². The van der Waals surface area contributed by atoms with Gasteiger partial charge >= 0.3 is 0 Å². The molecule has 1 aliphatic rings. The standard InChI is InChI=1S/C14H18N6O/c21-14(10-4-7-15-8-5-10)17-9-12-18-13(20-19-12)11-3-1-2-6-16-11/h1-3,6,10,15H,4-5,7-9H2,(H,17,21)(H,18,19,20). The van der Waals surface area contributed by atoms with Crippen LogP contribution in [0, 0.1) is 5.92 Å². The molecule has 2 aromatic heterocycles. The number of nitrogens with one attached hydrogen (secondary N) is 3. The largest absolute Gasteiger partial charge is 0.349 e. The number of rotatable bonds is 4. The third-order valence-corrected chi connectivity index (χ3v) is 3.57. The minimum absolute atomic E-state index is 0.0901. The van der Waals surface area contributed by atoms with Gasteiger partial charge in [-0.25, -0.2) is 4.98 Å². The van der Waals surface area contributed by atoms with E-state index in [0.717, 1.165) is 25.9 Å². The van der Waals surface area contributed by atoms with E-state index in [0.29, 0.717) is 23.9 Å². The van der Waals surface area contributed by atoms with Crippen LogP contribution in [-0.2, 0) is 11.3 Å². The lowest BCUT2D eigenvalue weighted by molar-refractivity contribution is -0.125. The van der Waals surface area contributed by atoms with Gasteiger partial charge in [-0.2, -0.15) is 5.10 Å². The number of aromatic nitrogens is 4. The van der Waals surface area contributed by atoms with Gasteiger partial charge in [0.1, 0.15) is 11.5 Å². The average Bonchev–Trinajstić information content (AvgIpc) is 3.03. The number of aromatic amines is 1. The van der Waals surface area contributed by atoms with E-state index in [9.17, 15) is 4.79 Å². The molecular weight excluding hydrogens is 268 g/mol.